The van der Waals surface area contributed by atoms with E-state index in [2.05, 4.69) is 55.1 Å². The van der Waals surface area contributed by atoms with Gasteiger partial charge in [0.2, 0.25) is 0 Å². The molecule has 0 aliphatic carbocycles. The van der Waals surface area contributed by atoms with Crippen LogP contribution in [0.4, 0.5) is 0 Å². The molecule has 1 heterocycles. The normalized spacial score (nSPS) is 19.8. The first-order chi connectivity index (χ1) is 9.05. The molecule has 3 heteroatoms. The Kier molecular flexibility index (Phi) is 4.61. The molecule has 0 radical (unpaired) electrons. The molecule has 0 unspecified atom stereocenters. The SMILES string of the molecule is Cc1cccc(CN(C)C2(CN)CCN(C)CC2)c1. The third-order valence-electron chi connectivity index (χ3n) is 4.61. The molecule has 1 saturated heterocycles. The Hall–Kier alpha value is -0.900. The molecule has 3 nitrogen and oxygen atoms in total. The van der Waals surface area contributed by atoms with Gasteiger partial charge in [0, 0.05) is 18.6 Å². The Morgan fingerprint density at radius 3 is 2.58 bits per heavy atom. The van der Waals surface area contributed by atoms with Crippen molar-refractivity contribution in [1.29, 1.82) is 0 Å². The van der Waals surface area contributed by atoms with Crippen molar-refractivity contribution in [3.8, 4) is 0 Å². The van der Waals surface area contributed by atoms with Crippen LogP contribution in [0.3, 0.4) is 0 Å². The lowest BCUT2D eigenvalue weighted by atomic mass is 9.85. The number of likely N-dealkylation sites (tertiary alicyclic amines) is 1. The van der Waals surface area contributed by atoms with Gasteiger partial charge in [-0.2, -0.15) is 0 Å². The average Bonchev–Trinajstić information content (AvgIpc) is 2.40. The maximum Gasteiger partial charge on any atom is 0.0356 e. The summed E-state index contributed by atoms with van der Waals surface area (Å²) in [7, 11) is 4.42. The van der Waals surface area contributed by atoms with Gasteiger partial charge < -0.3 is 10.6 Å². The van der Waals surface area contributed by atoms with Gasteiger partial charge in [-0.15, -0.1) is 0 Å². The highest BCUT2D eigenvalue weighted by atomic mass is 15.2. The van der Waals surface area contributed by atoms with Crippen LogP contribution in [-0.2, 0) is 6.54 Å². The molecule has 2 rings (SSSR count). The van der Waals surface area contributed by atoms with Gasteiger partial charge in [-0.05, 0) is 52.5 Å². The van der Waals surface area contributed by atoms with Gasteiger partial charge in [-0.1, -0.05) is 29.8 Å². The van der Waals surface area contributed by atoms with Crippen LogP contribution in [0.15, 0.2) is 24.3 Å². The number of nitrogens with zero attached hydrogens (tertiary/aromatic N) is 2. The highest BCUT2D eigenvalue weighted by Gasteiger charge is 2.35. The molecule has 0 saturated carbocycles. The number of benzene rings is 1. The zero-order valence-corrected chi connectivity index (χ0v) is 12.5. The van der Waals surface area contributed by atoms with Crippen LogP contribution in [0.5, 0.6) is 0 Å². The van der Waals surface area contributed by atoms with E-state index in [0.29, 0.717) is 0 Å². The molecule has 1 aliphatic heterocycles. The largest absolute Gasteiger partial charge is 0.329 e. The molecule has 0 amide bonds. The van der Waals surface area contributed by atoms with Gasteiger partial charge in [0.15, 0.2) is 0 Å². The summed E-state index contributed by atoms with van der Waals surface area (Å²) < 4.78 is 0. The summed E-state index contributed by atoms with van der Waals surface area (Å²) in [5.74, 6) is 0. The van der Waals surface area contributed by atoms with E-state index in [1.807, 2.05) is 0 Å². The smallest absolute Gasteiger partial charge is 0.0356 e. The molecular weight excluding hydrogens is 234 g/mol. The highest BCUT2D eigenvalue weighted by Crippen LogP contribution is 2.28. The number of rotatable bonds is 4. The first-order valence-electron chi connectivity index (χ1n) is 7.21. The predicted molar refractivity (Wildman–Crippen MR) is 81.2 cm³/mol. The molecule has 19 heavy (non-hydrogen) atoms. The van der Waals surface area contributed by atoms with Crippen molar-refractivity contribution >= 4 is 0 Å². The Bertz CT molecular complexity index is 408. The van der Waals surface area contributed by atoms with Crippen molar-refractivity contribution in [1.82, 2.24) is 9.80 Å². The highest BCUT2D eigenvalue weighted by molar-refractivity contribution is 5.22. The lowest BCUT2D eigenvalue weighted by molar-refractivity contribution is 0.0485. The van der Waals surface area contributed by atoms with Gasteiger partial charge >= 0.3 is 0 Å². The van der Waals surface area contributed by atoms with Crippen LogP contribution in [0.1, 0.15) is 24.0 Å². The zero-order chi connectivity index (χ0) is 13.9. The van der Waals surface area contributed by atoms with E-state index in [9.17, 15) is 0 Å². The second-order valence-corrected chi connectivity index (χ2v) is 6.08. The molecular formula is C16H27N3. The van der Waals surface area contributed by atoms with E-state index in [0.717, 1.165) is 26.2 Å². The summed E-state index contributed by atoms with van der Waals surface area (Å²) in [5.41, 5.74) is 9.00. The molecule has 0 spiro atoms. The van der Waals surface area contributed by atoms with Crippen molar-refractivity contribution in [2.24, 2.45) is 5.73 Å². The Balaban J connectivity index is 2.06. The third kappa shape index (κ3) is 3.35. The molecule has 1 aliphatic rings. The van der Waals surface area contributed by atoms with E-state index < -0.39 is 0 Å². The fourth-order valence-corrected chi connectivity index (χ4v) is 3.03. The fourth-order valence-electron chi connectivity index (χ4n) is 3.03. The minimum atomic E-state index is 0.177. The molecule has 1 aromatic carbocycles. The van der Waals surface area contributed by atoms with Crippen LogP contribution in [-0.4, -0.2) is 49.1 Å². The number of nitrogens with two attached hydrogens (primary N) is 1. The molecule has 1 aromatic rings. The summed E-state index contributed by atoms with van der Waals surface area (Å²) >= 11 is 0. The van der Waals surface area contributed by atoms with E-state index >= 15 is 0 Å². The van der Waals surface area contributed by atoms with Crippen LogP contribution >= 0.6 is 0 Å². The topological polar surface area (TPSA) is 32.5 Å². The molecule has 2 N–H and O–H groups in total. The molecule has 106 valence electrons. The fraction of sp³-hybridized carbons (Fsp3) is 0.625. The van der Waals surface area contributed by atoms with Crippen molar-refractivity contribution < 1.29 is 0 Å². The van der Waals surface area contributed by atoms with Crippen molar-refractivity contribution in [3.05, 3.63) is 35.4 Å². The second kappa shape index (κ2) is 6.04. The number of piperidine rings is 1. The van der Waals surface area contributed by atoms with Gasteiger partial charge in [0.05, 0.1) is 0 Å². The Morgan fingerprint density at radius 1 is 1.32 bits per heavy atom. The van der Waals surface area contributed by atoms with Gasteiger partial charge in [-0.3, -0.25) is 4.90 Å². The van der Waals surface area contributed by atoms with E-state index in [-0.39, 0.29) is 5.54 Å². The quantitative estimate of drug-likeness (QED) is 0.898. The molecule has 1 fully saturated rings. The van der Waals surface area contributed by atoms with Crippen LogP contribution in [0.25, 0.3) is 0 Å². The van der Waals surface area contributed by atoms with E-state index in [1.165, 1.54) is 24.0 Å². The van der Waals surface area contributed by atoms with Crippen LogP contribution in [0, 0.1) is 6.92 Å². The molecule has 0 atom stereocenters. The van der Waals surface area contributed by atoms with Crippen molar-refractivity contribution in [2.45, 2.75) is 31.8 Å². The third-order valence-corrected chi connectivity index (χ3v) is 4.61. The Labute approximate surface area is 117 Å². The monoisotopic (exact) mass is 261 g/mol. The number of hydrogen-bond donors (Lipinski definition) is 1. The van der Waals surface area contributed by atoms with Crippen molar-refractivity contribution in [2.75, 3.05) is 33.7 Å². The average molecular weight is 261 g/mol. The van der Waals surface area contributed by atoms with E-state index in [4.69, 9.17) is 5.73 Å². The van der Waals surface area contributed by atoms with Gasteiger partial charge in [0.25, 0.3) is 0 Å². The Morgan fingerprint density at radius 2 is 2.00 bits per heavy atom. The summed E-state index contributed by atoms with van der Waals surface area (Å²) in [6.07, 6.45) is 2.34. The number of aryl methyl sites for hydroxylation is 1. The minimum absolute atomic E-state index is 0.177. The lowest BCUT2D eigenvalue weighted by Gasteiger charge is -2.46. The standard InChI is InChI=1S/C16H27N3/c1-14-5-4-6-15(11-14)12-19(3)16(13-17)7-9-18(2)10-8-16/h4-6,11H,7-10,12-13,17H2,1-3H3. The second-order valence-electron chi connectivity index (χ2n) is 6.08. The van der Waals surface area contributed by atoms with Crippen LogP contribution < -0.4 is 5.73 Å². The van der Waals surface area contributed by atoms with Gasteiger partial charge in [0.1, 0.15) is 0 Å². The maximum atomic E-state index is 6.11. The summed E-state index contributed by atoms with van der Waals surface area (Å²) in [5, 5.41) is 0. The maximum absolute atomic E-state index is 6.11. The number of hydrogen-bond acceptors (Lipinski definition) is 3. The summed E-state index contributed by atoms with van der Waals surface area (Å²) in [6.45, 7) is 6.19. The number of likely N-dealkylation sites (N-methyl/N-ethyl adjacent to an activating group) is 1. The summed E-state index contributed by atoms with van der Waals surface area (Å²) in [6, 6.07) is 8.78. The van der Waals surface area contributed by atoms with Gasteiger partial charge in [-0.25, -0.2) is 0 Å². The molecule has 0 aromatic heterocycles. The predicted octanol–water partition coefficient (Wildman–Crippen LogP) is 1.85. The minimum Gasteiger partial charge on any atom is -0.329 e. The van der Waals surface area contributed by atoms with Crippen LogP contribution in [0.2, 0.25) is 0 Å². The van der Waals surface area contributed by atoms with E-state index in [1.54, 1.807) is 0 Å². The summed E-state index contributed by atoms with van der Waals surface area (Å²) in [4.78, 5) is 4.86. The zero-order valence-electron chi connectivity index (χ0n) is 12.5. The first-order valence-corrected chi connectivity index (χ1v) is 7.21. The lowest BCUT2D eigenvalue weighted by Crippen LogP contribution is -2.57. The first kappa shape index (κ1) is 14.5. The van der Waals surface area contributed by atoms with Crippen molar-refractivity contribution in [3.63, 3.8) is 0 Å². The molecule has 0 bridgehead atoms.